The second-order valence-corrected chi connectivity index (χ2v) is 11.7. The molecule has 1 N–H and O–H groups in total. The van der Waals surface area contributed by atoms with Crippen LogP contribution in [-0.2, 0) is 26.2 Å². The summed E-state index contributed by atoms with van der Waals surface area (Å²) in [6, 6.07) is 17.9. The number of aryl methyl sites for hydroxylation is 2. The predicted octanol–water partition coefficient (Wildman–Crippen LogP) is 4.46. The molecule has 0 aliphatic rings. The summed E-state index contributed by atoms with van der Waals surface area (Å²) in [4.78, 5) is 28.5. The van der Waals surface area contributed by atoms with E-state index < -0.39 is 28.5 Å². The molecule has 10 heteroatoms. The minimum absolute atomic E-state index is 0.0348. The van der Waals surface area contributed by atoms with Gasteiger partial charge < -0.3 is 19.7 Å². The average molecular weight is 582 g/mol. The number of hydrogen-bond acceptors (Lipinski definition) is 6. The lowest BCUT2D eigenvalue weighted by atomic mass is 10.1. The molecule has 3 rings (SSSR count). The molecule has 0 spiro atoms. The summed E-state index contributed by atoms with van der Waals surface area (Å²) in [6.45, 7) is 7.24. The van der Waals surface area contributed by atoms with Crippen molar-refractivity contribution >= 4 is 27.5 Å². The molecule has 0 aromatic heterocycles. The van der Waals surface area contributed by atoms with E-state index in [-0.39, 0.29) is 23.0 Å². The number of carbonyl (C=O) groups excluding carboxylic acids is 2. The van der Waals surface area contributed by atoms with Gasteiger partial charge in [-0.05, 0) is 74.7 Å². The van der Waals surface area contributed by atoms with Crippen LogP contribution >= 0.6 is 0 Å². The van der Waals surface area contributed by atoms with E-state index in [1.807, 2.05) is 26.8 Å². The molecule has 1 atom stereocenters. The van der Waals surface area contributed by atoms with Gasteiger partial charge in [-0.15, -0.1) is 0 Å². The number of carbonyl (C=O) groups is 2. The number of sulfonamides is 1. The number of amides is 2. The maximum absolute atomic E-state index is 14.1. The fraction of sp³-hybridized carbons (Fsp3) is 0.355. The van der Waals surface area contributed by atoms with E-state index in [9.17, 15) is 18.0 Å². The highest BCUT2D eigenvalue weighted by Crippen LogP contribution is 2.34. The Bertz CT molecular complexity index is 1460. The number of anilines is 1. The Morgan fingerprint density at radius 2 is 1.61 bits per heavy atom. The molecular weight excluding hydrogens is 542 g/mol. The second kappa shape index (κ2) is 14.0. The van der Waals surface area contributed by atoms with Gasteiger partial charge in [0.1, 0.15) is 24.1 Å². The lowest BCUT2D eigenvalue weighted by molar-refractivity contribution is -0.139. The zero-order chi connectivity index (χ0) is 30.2. The van der Waals surface area contributed by atoms with Crippen molar-refractivity contribution in [2.24, 2.45) is 0 Å². The molecule has 220 valence electrons. The van der Waals surface area contributed by atoms with Crippen molar-refractivity contribution in [1.29, 1.82) is 0 Å². The number of nitrogens with one attached hydrogen (secondary N) is 1. The topological polar surface area (TPSA) is 105 Å². The van der Waals surface area contributed by atoms with Gasteiger partial charge in [0.25, 0.3) is 10.0 Å². The number of methoxy groups -OCH3 is 2. The quantitative estimate of drug-likeness (QED) is 0.320. The molecule has 0 bridgehead atoms. The molecule has 0 aliphatic heterocycles. The van der Waals surface area contributed by atoms with Crippen molar-refractivity contribution in [2.75, 3.05) is 31.6 Å². The van der Waals surface area contributed by atoms with Crippen molar-refractivity contribution in [1.82, 2.24) is 10.2 Å². The van der Waals surface area contributed by atoms with Crippen molar-refractivity contribution in [3.8, 4) is 11.5 Å². The summed E-state index contributed by atoms with van der Waals surface area (Å²) in [5.41, 5.74) is 2.65. The Hall–Kier alpha value is -4.05. The summed E-state index contributed by atoms with van der Waals surface area (Å²) in [7, 11) is -1.21. The van der Waals surface area contributed by atoms with Crippen LogP contribution in [0.2, 0.25) is 0 Å². The smallest absolute Gasteiger partial charge is 0.264 e. The third kappa shape index (κ3) is 7.79. The first kappa shape index (κ1) is 31.5. The first-order valence-electron chi connectivity index (χ1n) is 13.5. The molecule has 41 heavy (non-hydrogen) atoms. The second-order valence-electron chi connectivity index (χ2n) is 9.84. The van der Waals surface area contributed by atoms with Crippen LogP contribution in [0.4, 0.5) is 5.69 Å². The molecular formula is C31H39N3O6S. The van der Waals surface area contributed by atoms with Gasteiger partial charge in [-0.3, -0.25) is 13.9 Å². The number of rotatable bonds is 13. The van der Waals surface area contributed by atoms with Gasteiger partial charge in [0.05, 0.1) is 24.8 Å². The summed E-state index contributed by atoms with van der Waals surface area (Å²) in [5.74, 6) is 0.0219. The molecule has 0 saturated carbocycles. The fourth-order valence-corrected chi connectivity index (χ4v) is 5.71. The molecule has 3 aromatic carbocycles. The molecule has 0 heterocycles. The van der Waals surface area contributed by atoms with Gasteiger partial charge in [-0.1, -0.05) is 42.8 Å². The van der Waals surface area contributed by atoms with Crippen LogP contribution in [0.25, 0.3) is 0 Å². The Morgan fingerprint density at radius 3 is 2.24 bits per heavy atom. The van der Waals surface area contributed by atoms with E-state index in [1.54, 1.807) is 62.6 Å². The van der Waals surface area contributed by atoms with Crippen LogP contribution in [0, 0.1) is 13.8 Å². The van der Waals surface area contributed by atoms with Crippen LogP contribution in [0.3, 0.4) is 0 Å². The Labute approximate surface area is 243 Å². The summed E-state index contributed by atoms with van der Waals surface area (Å²) in [5, 5.41) is 2.84. The highest BCUT2D eigenvalue weighted by Gasteiger charge is 2.34. The highest BCUT2D eigenvalue weighted by atomic mass is 32.2. The van der Waals surface area contributed by atoms with Crippen LogP contribution in [0.1, 0.15) is 37.0 Å². The minimum Gasteiger partial charge on any atom is -0.497 e. The predicted molar refractivity (Wildman–Crippen MR) is 160 cm³/mol. The normalized spacial score (nSPS) is 11.9. The van der Waals surface area contributed by atoms with Gasteiger partial charge in [0, 0.05) is 13.1 Å². The molecule has 0 unspecified atom stereocenters. The molecule has 0 fully saturated rings. The first-order valence-corrected chi connectivity index (χ1v) is 14.9. The van der Waals surface area contributed by atoms with Crippen molar-refractivity contribution < 1.29 is 27.5 Å². The first-order chi connectivity index (χ1) is 19.5. The van der Waals surface area contributed by atoms with Crippen molar-refractivity contribution in [2.45, 2.75) is 51.6 Å². The average Bonchev–Trinajstić information content (AvgIpc) is 2.97. The Morgan fingerprint density at radius 1 is 0.927 bits per heavy atom. The maximum atomic E-state index is 14.1. The molecule has 2 amide bonds. The van der Waals surface area contributed by atoms with Crippen LogP contribution < -0.4 is 19.1 Å². The fourth-order valence-electron chi connectivity index (χ4n) is 4.29. The summed E-state index contributed by atoms with van der Waals surface area (Å²) in [6.07, 6.45) is 0.734. The molecule has 9 nitrogen and oxygen atoms in total. The number of nitrogens with zero attached hydrogens (tertiary/aromatic N) is 2. The Balaban J connectivity index is 2.10. The van der Waals surface area contributed by atoms with Gasteiger partial charge >= 0.3 is 0 Å². The van der Waals surface area contributed by atoms with E-state index in [0.717, 1.165) is 27.4 Å². The molecule has 3 aromatic rings. The van der Waals surface area contributed by atoms with Crippen molar-refractivity contribution in [3.05, 3.63) is 83.4 Å². The lowest BCUT2D eigenvalue weighted by Crippen LogP contribution is -2.51. The van der Waals surface area contributed by atoms with Gasteiger partial charge in [-0.2, -0.15) is 0 Å². The van der Waals surface area contributed by atoms with Crippen LogP contribution in [0.15, 0.2) is 71.6 Å². The maximum Gasteiger partial charge on any atom is 0.264 e. The zero-order valence-electron chi connectivity index (χ0n) is 24.5. The van der Waals surface area contributed by atoms with Gasteiger partial charge in [0.2, 0.25) is 11.8 Å². The molecule has 0 saturated heterocycles. The largest absolute Gasteiger partial charge is 0.497 e. The Kier molecular flexibility index (Phi) is 10.8. The van der Waals surface area contributed by atoms with Crippen LogP contribution in [0.5, 0.6) is 11.5 Å². The molecule has 0 aliphatic carbocycles. The van der Waals surface area contributed by atoms with Gasteiger partial charge in [0.15, 0.2) is 0 Å². The third-order valence-electron chi connectivity index (χ3n) is 6.69. The number of hydrogen-bond donors (Lipinski definition) is 1. The standard InChI is InChI=1S/C31H39N3O6S/c1-7-17-32-31(36)24(4)33(20-25-9-8-10-26(19-25)39-5)30(35)21-34(28-18-23(3)13-16-29(28)40-6)41(37,38)27-14-11-22(2)12-15-27/h8-16,18-19,24H,7,17,20-21H2,1-6H3,(H,32,36)/t24-/m0/s1. The lowest BCUT2D eigenvalue weighted by Gasteiger charge is -2.32. The zero-order valence-corrected chi connectivity index (χ0v) is 25.3. The SMILES string of the molecule is CCCNC(=O)[C@H](C)N(Cc1cccc(OC)c1)C(=O)CN(c1cc(C)ccc1OC)S(=O)(=O)c1ccc(C)cc1. The summed E-state index contributed by atoms with van der Waals surface area (Å²) >= 11 is 0. The van der Waals surface area contributed by atoms with E-state index in [2.05, 4.69) is 5.32 Å². The number of ether oxygens (including phenoxy) is 2. The molecule has 0 radical (unpaired) electrons. The van der Waals surface area contributed by atoms with Crippen molar-refractivity contribution in [3.63, 3.8) is 0 Å². The van der Waals surface area contributed by atoms with E-state index in [4.69, 9.17) is 9.47 Å². The third-order valence-corrected chi connectivity index (χ3v) is 8.47. The summed E-state index contributed by atoms with van der Waals surface area (Å²) < 4.78 is 40.1. The minimum atomic E-state index is -4.21. The van der Waals surface area contributed by atoms with Crippen LogP contribution in [-0.4, -0.2) is 58.5 Å². The monoisotopic (exact) mass is 581 g/mol. The highest BCUT2D eigenvalue weighted by molar-refractivity contribution is 7.92. The van der Waals surface area contributed by atoms with E-state index >= 15 is 0 Å². The van der Waals surface area contributed by atoms with E-state index in [1.165, 1.54) is 24.1 Å². The van der Waals surface area contributed by atoms with E-state index in [0.29, 0.717) is 18.0 Å². The van der Waals surface area contributed by atoms with Gasteiger partial charge in [-0.25, -0.2) is 8.42 Å². The number of benzene rings is 3.